The number of rotatable bonds is 5. The molecule has 0 aliphatic rings. The molecule has 0 atom stereocenters. The van der Waals surface area contributed by atoms with Crippen LogP contribution < -0.4 is 0 Å². The fourth-order valence-corrected chi connectivity index (χ4v) is 2.79. The molecule has 3 aromatic rings. The summed E-state index contributed by atoms with van der Waals surface area (Å²) in [6.45, 7) is 0. The van der Waals surface area contributed by atoms with Crippen LogP contribution in [0, 0.1) is 10.1 Å². The van der Waals surface area contributed by atoms with Crippen LogP contribution in [-0.2, 0) is 9.47 Å². The molecule has 0 spiro atoms. The SMILES string of the molecule is COC(=O)c1c(-c2cc(O)cc([N+](=O)[O-])c2)nn(-c2ccccc2)c1C(=O)OC. The molecule has 2 aromatic carbocycles. The zero-order chi connectivity index (χ0) is 21.1. The largest absolute Gasteiger partial charge is 0.508 e. The predicted octanol–water partition coefficient (Wildman–Crippen LogP) is 2.73. The second-order valence-corrected chi connectivity index (χ2v) is 5.80. The van der Waals surface area contributed by atoms with Crippen LogP contribution in [0.5, 0.6) is 5.75 Å². The number of methoxy groups -OCH3 is 2. The maximum absolute atomic E-state index is 12.5. The highest BCUT2D eigenvalue weighted by molar-refractivity contribution is 6.07. The second kappa shape index (κ2) is 7.80. The number of nitro groups is 1. The first-order valence-corrected chi connectivity index (χ1v) is 8.21. The minimum atomic E-state index is -0.895. The zero-order valence-corrected chi connectivity index (χ0v) is 15.4. The van der Waals surface area contributed by atoms with Gasteiger partial charge in [-0.05, 0) is 18.2 Å². The molecule has 0 saturated carbocycles. The molecule has 0 amide bonds. The summed E-state index contributed by atoms with van der Waals surface area (Å²) in [6.07, 6.45) is 0. The number of carbonyl (C=O) groups is 2. The predicted molar refractivity (Wildman–Crippen MR) is 100.0 cm³/mol. The lowest BCUT2D eigenvalue weighted by atomic mass is 10.0. The number of hydrogen-bond donors (Lipinski definition) is 1. The summed E-state index contributed by atoms with van der Waals surface area (Å²) in [7, 11) is 2.27. The highest BCUT2D eigenvalue weighted by Gasteiger charge is 2.32. The Kier molecular flexibility index (Phi) is 5.26. The first-order chi connectivity index (χ1) is 13.9. The molecule has 0 saturated heterocycles. The van der Waals surface area contributed by atoms with Crippen molar-refractivity contribution in [3.05, 3.63) is 69.9 Å². The minimum absolute atomic E-state index is 0.0527. The van der Waals surface area contributed by atoms with Crippen LogP contribution in [0.3, 0.4) is 0 Å². The van der Waals surface area contributed by atoms with E-state index in [0.29, 0.717) is 5.69 Å². The number of para-hydroxylation sites is 1. The average molecular weight is 397 g/mol. The molecule has 0 bridgehead atoms. The number of aromatic hydroxyl groups is 1. The molecule has 0 fully saturated rings. The van der Waals surface area contributed by atoms with Gasteiger partial charge in [-0.15, -0.1) is 0 Å². The van der Waals surface area contributed by atoms with Gasteiger partial charge in [0.2, 0.25) is 0 Å². The van der Waals surface area contributed by atoms with Crippen LogP contribution in [0.25, 0.3) is 16.9 Å². The van der Waals surface area contributed by atoms with E-state index in [2.05, 4.69) is 5.10 Å². The molecule has 10 heteroatoms. The topological polar surface area (TPSA) is 134 Å². The minimum Gasteiger partial charge on any atom is -0.508 e. The Hall–Kier alpha value is -4.21. The van der Waals surface area contributed by atoms with Crippen LogP contribution >= 0.6 is 0 Å². The number of aromatic nitrogens is 2. The molecule has 0 unspecified atom stereocenters. The van der Waals surface area contributed by atoms with E-state index in [0.717, 1.165) is 26.4 Å². The number of nitro benzene ring substituents is 1. The maximum atomic E-state index is 12.5. The first kappa shape index (κ1) is 19.5. The number of ether oxygens (including phenoxy) is 2. The van der Waals surface area contributed by atoms with Gasteiger partial charge in [-0.25, -0.2) is 14.3 Å². The molecule has 29 heavy (non-hydrogen) atoms. The van der Waals surface area contributed by atoms with Gasteiger partial charge in [-0.1, -0.05) is 18.2 Å². The average Bonchev–Trinajstić information content (AvgIpc) is 3.13. The van der Waals surface area contributed by atoms with Crippen molar-refractivity contribution in [1.29, 1.82) is 0 Å². The number of esters is 2. The molecule has 148 valence electrons. The van der Waals surface area contributed by atoms with Crippen molar-refractivity contribution in [1.82, 2.24) is 9.78 Å². The van der Waals surface area contributed by atoms with Crippen molar-refractivity contribution in [2.45, 2.75) is 0 Å². The van der Waals surface area contributed by atoms with E-state index in [9.17, 15) is 24.8 Å². The molecule has 1 N–H and O–H groups in total. The summed E-state index contributed by atoms with van der Waals surface area (Å²) in [5.41, 5.74) is -0.463. The van der Waals surface area contributed by atoms with Crippen molar-refractivity contribution in [3.8, 4) is 22.7 Å². The third-order valence-electron chi connectivity index (χ3n) is 4.04. The third kappa shape index (κ3) is 3.63. The van der Waals surface area contributed by atoms with Gasteiger partial charge in [0.05, 0.1) is 30.9 Å². The van der Waals surface area contributed by atoms with Gasteiger partial charge in [0.15, 0.2) is 5.69 Å². The summed E-state index contributed by atoms with van der Waals surface area (Å²) < 4.78 is 10.8. The standard InChI is InChI=1S/C19H15N3O7/c1-28-18(24)15-16(11-8-13(22(26)27)10-14(23)9-11)20-21(17(15)19(25)29-2)12-6-4-3-5-7-12/h3-10,23H,1-2H3. The van der Waals surface area contributed by atoms with Crippen LogP contribution in [0.4, 0.5) is 5.69 Å². The molecular weight excluding hydrogens is 382 g/mol. The number of phenols is 1. The zero-order valence-electron chi connectivity index (χ0n) is 15.4. The highest BCUT2D eigenvalue weighted by atomic mass is 16.6. The van der Waals surface area contributed by atoms with Gasteiger partial charge >= 0.3 is 11.9 Å². The van der Waals surface area contributed by atoms with E-state index in [4.69, 9.17) is 9.47 Å². The Morgan fingerprint density at radius 3 is 2.31 bits per heavy atom. The highest BCUT2D eigenvalue weighted by Crippen LogP contribution is 2.33. The fraction of sp³-hybridized carbons (Fsp3) is 0.105. The van der Waals surface area contributed by atoms with Gasteiger partial charge in [-0.2, -0.15) is 5.10 Å². The molecule has 0 aliphatic heterocycles. The van der Waals surface area contributed by atoms with Gasteiger partial charge in [0.25, 0.3) is 5.69 Å². The van der Waals surface area contributed by atoms with Gasteiger partial charge in [-0.3, -0.25) is 10.1 Å². The smallest absolute Gasteiger partial charge is 0.357 e. The molecule has 1 heterocycles. The fourth-order valence-electron chi connectivity index (χ4n) is 2.79. The number of nitrogens with zero attached hydrogens (tertiary/aromatic N) is 3. The molecule has 3 rings (SSSR count). The summed E-state index contributed by atoms with van der Waals surface area (Å²) in [4.78, 5) is 35.5. The third-order valence-corrected chi connectivity index (χ3v) is 4.04. The molecule has 0 aliphatic carbocycles. The van der Waals surface area contributed by atoms with E-state index in [-0.39, 0.29) is 22.5 Å². The van der Waals surface area contributed by atoms with Crippen LogP contribution in [-0.4, -0.2) is 46.0 Å². The Labute approximate surface area is 164 Å². The Balaban J connectivity index is 2.38. The normalized spacial score (nSPS) is 10.4. The maximum Gasteiger partial charge on any atom is 0.357 e. The Morgan fingerprint density at radius 1 is 1.07 bits per heavy atom. The van der Waals surface area contributed by atoms with E-state index >= 15 is 0 Å². The van der Waals surface area contributed by atoms with E-state index in [1.807, 2.05) is 0 Å². The van der Waals surface area contributed by atoms with E-state index < -0.39 is 28.3 Å². The van der Waals surface area contributed by atoms with Crippen molar-refractivity contribution >= 4 is 17.6 Å². The monoisotopic (exact) mass is 397 g/mol. The lowest BCUT2D eigenvalue weighted by Crippen LogP contribution is -2.15. The van der Waals surface area contributed by atoms with Gasteiger partial charge in [0.1, 0.15) is 17.0 Å². The van der Waals surface area contributed by atoms with E-state index in [1.54, 1.807) is 30.3 Å². The van der Waals surface area contributed by atoms with Gasteiger partial charge in [0, 0.05) is 11.6 Å². The van der Waals surface area contributed by atoms with Crippen LogP contribution in [0.2, 0.25) is 0 Å². The Bertz CT molecular complexity index is 1110. The summed E-state index contributed by atoms with van der Waals surface area (Å²) in [5, 5.41) is 25.4. The molecule has 0 radical (unpaired) electrons. The van der Waals surface area contributed by atoms with Gasteiger partial charge < -0.3 is 14.6 Å². The quantitative estimate of drug-likeness (QED) is 0.395. The lowest BCUT2D eigenvalue weighted by Gasteiger charge is -2.07. The van der Waals surface area contributed by atoms with E-state index in [1.165, 1.54) is 10.7 Å². The molecular formula is C19H15N3O7. The van der Waals surface area contributed by atoms with Crippen molar-refractivity contribution in [2.24, 2.45) is 0 Å². The van der Waals surface area contributed by atoms with Crippen LogP contribution in [0.15, 0.2) is 48.5 Å². The van der Waals surface area contributed by atoms with Crippen molar-refractivity contribution < 1.29 is 29.1 Å². The molecule has 1 aromatic heterocycles. The van der Waals surface area contributed by atoms with Crippen molar-refractivity contribution in [3.63, 3.8) is 0 Å². The number of carbonyl (C=O) groups excluding carboxylic acids is 2. The van der Waals surface area contributed by atoms with Crippen molar-refractivity contribution in [2.75, 3.05) is 14.2 Å². The number of non-ortho nitro benzene ring substituents is 1. The Morgan fingerprint density at radius 2 is 1.72 bits per heavy atom. The number of hydrogen-bond acceptors (Lipinski definition) is 8. The summed E-state index contributed by atoms with van der Waals surface area (Å²) in [5.74, 6) is -2.16. The first-order valence-electron chi connectivity index (χ1n) is 8.21. The summed E-state index contributed by atoms with van der Waals surface area (Å²) >= 11 is 0. The lowest BCUT2D eigenvalue weighted by molar-refractivity contribution is -0.384. The summed E-state index contributed by atoms with van der Waals surface area (Å²) in [6, 6.07) is 11.7. The second-order valence-electron chi connectivity index (χ2n) is 5.80. The number of phenolic OH excluding ortho intramolecular Hbond substituents is 1. The number of benzene rings is 2. The molecule has 10 nitrogen and oxygen atoms in total. The van der Waals surface area contributed by atoms with Crippen LogP contribution in [0.1, 0.15) is 20.8 Å².